The van der Waals surface area contributed by atoms with Gasteiger partial charge in [-0.05, 0) is 37.5 Å². The molecule has 0 fully saturated rings. The Balaban J connectivity index is -0.000000123. The van der Waals surface area contributed by atoms with E-state index in [-0.39, 0.29) is 36.7 Å². The molecule has 0 aliphatic rings. The second-order valence-corrected chi connectivity index (χ2v) is 10.6. The minimum Gasteiger partial charge on any atom is -0.550 e. The van der Waals surface area contributed by atoms with Crippen LogP contribution < -0.4 is 10.2 Å². The van der Waals surface area contributed by atoms with Crippen molar-refractivity contribution >= 4 is 35.8 Å². The van der Waals surface area contributed by atoms with Gasteiger partial charge in [0.15, 0.2) is 0 Å². The number of carbonyl (C=O) groups is 2. The van der Waals surface area contributed by atoms with Gasteiger partial charge in [-0.25, -0.2) is 0 Å². The number of aliphatic carboxylic acids is 2. The predicted octanol–water partition coefficient (Wildman–Crippen LogP) is 7.89. The minimum atomic E-state index is -0.927. The normalized spacial score (nSPS) is 9.78. The van der Waals surface area contributed by atoms with E-state index >= 15 is 0 Å². The second-order valence-electron chi connectivity index (χ2n) is 10.6. The molecule has 0 aromatic carbocycles. The third-order valence-corrected chi connectivity index (χ3v) is 5.53. The van der Waals surface area contributed by atoms with Gasteiger partial charge in [-0.3, -0.25) is 0 Å². The van der Waals surface area contributed by atoms with E-state index in [4.69, 9.17) is 0 Å². The Hall–Kier alpha value is -0.261. The van der Waals surface area contributed by atoms with Crippen molar-refractivity contribution in [2.75, 3.05) is 0 Å². The van der Waals surface area contributed by atoms with Gasteiger partial charge in [0.2, 0.25) is 0 Å². The summed E-state index contributed by atoms with van der Waals surface area (Å²) in [5.74, 6) is -0.490. The number of hydrogen-bond donors (Lipinski definition) is 0. The quantitative estimate of drug-likeness (QED) is 0.101. The molecule has 220 valence electrons. The molecular formula is C32H64O4Sn. The summed E-state index contributed by atoms with van der Waals surface area (Å²) in [7, 11) is 0. The Kier molecular flexibility index (Phi) is 53.9. The third-order valence-electron chi connectivity index (χ3n) is 5.53. The van der Waals surface area contributed by atoms with Gasteiger partial charge in [0, 0.05) is 11.9 Å². The van der Waals surface area contributed by atoms with Crippen LogP contribution in [0, 0.1) is 25.7 Å². The molecule has 0 saturated heterocycles. The van der Waals surface area contributed by atoms with Crippen LogP contribution in [0.5, 0.6) is 0 Å². The smallest absolute Gasteiger partial charge is 0.550 e. The molecule has 0 spiro atoms. The topological polar surface area (TPSA) is 80.3 Å². The van der Waals surface area contributed by atoms with Crippen LogP contribution in [0.4, 0.5) is 0 Å². The van der Waals surface area contributed by atoms with Crippen LogP contribution in [0.25, 0.3) is 0 Å². The molecule has 0 heterocycles. The summed E-state index contributed by atoms with van der Waals surface area (Å²) in [6, 6.07) is 0. The maximum absolute atomic E-state index is 9.93. The van der Waals surface area contributed by atoms with Crippen LogP contribution in [0.3, 0.4) is 0 Å². The fourth-order valence-corrected chi connectivity index (χ4v) is 3.20. The first-order valence-corrected chi connectivity index (χ1v) is 15.1. The summed E-state index contributed by atoms with van der Waals surface area (Å²) >= 11 is 0. The van der Waals surface area contributed by atoms with Crippen molar-refractivity contribution in [3.63, 3.8) is 0 Å². The fourth-order valence-electron chi connectivity index (χ4n) is 3.20. The number of carboxylic acid groups (broad SMARTS) is 2. The molecule has 0 aliphatic carbocycles. The molecule has 0 aliphatic heterocycles. The Labute approximate surface area is 250 Å². The van der Waals surface area contributed by atoms with Crippen molar-refractivity contribution in [3.05, 3.63) is 13.8 Å². The Bertz CT molecular complexity index is 362. The maximum Gasteiger partial charge on any atom is 2.00 e. The van der Waals surface area contributed by atoms with Crippen LogP contribution >= 0.6 is 0 Å². The number of carboxylic acids is 2. The van der Waals surface area contributed by atoms with Crippen LogP contribution in [0.1, 0.15) is 170 Å². The molecule has 0 bridgehead atoms. The van der Waals surface area contributed by atoms with E-state index in [0.29, 0.717) is 11.8 Å². The largest absolute Gasteiger partial charge is 2.00 e. The predicted molar refractivity (Wildman–Crippen MR) is 160 cm³/mol. The van der Waals surface area contributed by atoms with E-state index in [1.807, 2.05) is 0 Å². The summed E-state index contributed by atoms with van der Waals surface area (Å²) in [5.41, 5.74) is 0. The second kappa shape index (κ2) is 42.8. The molecule has 0 atom stereocenters. The number of carbonyl (C=O) groups excluding carboxylic acids is 2. The average Bonchev–Trinajstić information content (AvgIpc) is 2.81. The van der Waals surface area contributed by atoms with Gasteiger partial charge in [-0.2, -0.15) is 0 Å². The van der Waals surface area contributed by atoms with E-state index in [9.17, 15) is 19.8 Å². The molecule has 5 heteroatoms. The zero-order valence-electron chi connectivity index (χ0n) is 25.8. The number of hydrogen-bond acceptors (Lipinski definition) is 4. The van der Waals surface area contributed by atoms with Gasteiger partial charge >= 0.3 is 23.9 Å². The van der Waals surface area contributed by atoms with Crippen LogP contribution in [0.2, 0.25) is 0 Å². The average molecular weight is 632 g/mol. The summed E-state index contributed by atoms with van der Waals surface area (Å²) < 4.78 is 0. The molecule has 0 N–H and O–H groups in total. The van der Waals surface area contributed by atoms with Crippen LogP contribution in [-0.4, -0.2) is 35.8 Å². The third kappa shape index (κ3) is 72.2. The van der Waals surface area contributed by atoms with E-state index in [0.717, 1.165) is 51.4 Å². The van der Waals surface area contributed by atoms with E-state index in [1.165, 1.54) is 64.2 Å². The van der Waals surface area contributed by atoms with Crippen LogP contribution in [-0.2, 0) is 9.59 Å². The van der Waals surface area contributed by atoms with Gasteiger partial charge < -0.3 is 19.8 Å². The van der Waals surface area contributed by atoms with Crippen LogP contribution in [0.15, 0.2) is 0 Å². The molecule has 4 nitrogen and oxygen atoms in total. The SMILES string of the molecule is CC(C)CCCCC(=O)[O-].CC(C)CCCCC(=O)[O-].[CH2]CCCCCCC.[CH2]CCCCCCC.[Sn+2]. The molecular weight excluding hydrogens is 567 g/mol. The van der Waals surface area contributed by atoms with Gasteiger partial charge in [-0.15, -0.1) is 0 Å². The zero-order valence-corrected chi connectivity index (χ0v) is 28.7. The van der Waals surface area contributed by atoms with Crippen molar-refractivity contribution in [1.82, 2.24) is 0 Å². The molecule has 0 aromatic rings. The Morgan fingerprint density at radius 2 is 0.838 bits per heavy atom. The number of unbranched alkanes of at least 4 members (excludes halogenated alkanes) is 12. The number of rotatable bonds is 20. The standard InChI is InChI=1S/2C8H16O2.2C8H17.Sn/c2*1-7(2)5-3-4-6-8(9)10;2*1-3-5-7-8-6-4-2;/h2*7H,3-6H2,1-2H3,(H,9,10);2*1,3-8H2,2H3;/q;;;;+2/p-2. The molecule has 0 saturated carbocycles. The van der Waals surface area contributed by atoms with Crippen molar-refractivity contribution in [2.24, 2.45) is 11.8 Å². The fraction of sp³-hybridized carbons (Fsp3) is 0.875. The first-order chi connectivity index (χ1) is 17.1. The first-order valence-electron chi connectivity index (χ1n) is 15.1. The monoisotopic (exact) mass is 632 g/mol. The van der Waals surface area contributed by atoms with Crippen molar-refractivity contribution < 1.29 is 19.8 Å². The van der Waals surface area contributed by atoms with Crippen molar-refractivity contribution in [1.29, 1.82) is 0 Å². The van der Waals surface area contributed by atoms with E-state index in [1.54, 1.807) is 0 Å². The molecule has 0 rings (SSSR count). The zero-order chi connectivity index (χ0) is 28.5. The summed E-state index contributed by atoms with van der Waals surface area (Å²) in [5, 5.41) is 19.9. The van der Waals surface area contributed by atoms with Crippen molar-refractivity contribution in [3.8, 4) is 0 Å². The summed E-state index contributed by atoms with van der Waals surface area (Å²) in [6.07, 6.45) is 22.2. The summed E-state index contributed by atoms with van der Waals surface area (Å²) in [4.78, 5) is 19.9. The molecule has 0 aromatic heterocycles. The Morgan fingerprint density at radius 3 is 1.05 bits per heavy atom. The molecule has 0 unspecified atom stereocenters. The maximum atomic E-state index is 9.93. The van der Waals surface area contributed by atoms with Gasteiger partial charge in [-0.1, -0.05) is 158 Å². The molecule has 4 radical (unpaired) electrons. The first kappa shape index (κ1) is 46.6. The van der Waals surface area contributed by atoms with E-state index in [2.05, 4.69) is 55.4 Å². The van der Waals surface area contributed by atoms with Gasteiger partial charge in [0.1, 0.15) is 0 Å². The Morgan fingerprint density at radius 1 is 0.541 bits per heavy atom. The van der Waals surface area contributed by atoms with Crippen molar-refractivity contribution in [2.45, 2.75) is 170 Å². The molecule has 37 heavy (non-hydrogen) atoms. The van der Waals surface area contributed by atoms with Gasteiger partial charge in [0.05, 0.1) is 0 Å². The molecule has 0 amide bonds. The summed E-state index contributed by atoms with van der Waals surface area (Å²) in [6.45, 7) is 20.6. The van der Waals surface area contributed by atoms with Gasteiger partial charge in [0.25, 0.3) is 0 Å². The minimum absolute atomic E-state index is 0. The van der Waals surface area contributed by atoms with E-state index < -0.39 is 11.9 Å².